The monoisotopic (exact) mass is 278 g/mol. The average molecular weight is 278 g/mol. The second-order valence-electron chi connectivity index (χ2n) is 7.47. The third-order valence-corrected chi connectivity index (χ3v) is 8.18. The largest absolute Gasteiger partial charge is 0.481 e. The van der Waals surface area contributed by atoms with Crippen LogP contribution in [0, 0.1) is 17.3 Å². The van der Waals surface area contributed by atoms with Crippen LogP contribution in [0.5, 0.6) is 0 Å². The van der Waals surface area contributed by atoms with Crippen LogP contribution in [0.2, 0.25) is 25.2 Å². The lowest BCUT2D eigenvalue weighted by atomic mass is 9.68. The number of ketones is 1. The second-order valence-corrected chi connectivity index (χ2v) is 12.8. The molecule has 3 aliphatic carbocycles. The predicted octanol–water partition coefficient (Wildman–Crippen LogP) is 3.09. The van der Waals surface area contributed by atoms with E-state index in [4.69, 9.17) is 0 Å². The van der Waals surface area contributed by atoms with Crippen molar-refractivity contribution in [3.05, 3.63) is 11.6 Å². The normalized spacial score (nSPS) is 41.1. The zero-order chi connectivity index (χ0) is 14.0. The number of carboxylic acids is 1. The molecule has 0 radical (unpaired) electrons. The van der Waals surface area contributed by atoms with E-state index in [0.717, 1.165) is 25.7 Å². The lowest BCUT2D eigenvalue weighted by Crippen LogP contribution is -2.46. The predicted molar refractivity (Wildman–Crippen MR) is 75.7 cm³/mol. The van der Waals surface area contributed by atoms with Gasteiger partial charge in [0.1, 0.15) is 0 Å². The summed E-state index contributed by atoms with van der Waals surface area (Å²) in [6.07, 6.45) is 6.16. The van der Waals surface area contributed by atoms with E-state index in [-0.39, 0.29) is 22.7 Å². The van der Waals surface area contributed by atoms with Gasteiger partial charge in [-0.2, -0.15) is 0 Å². The maximum Gasteiger partial charge on any atom is 0.307 e. The molecule has 3 rings (SSSR count). The zero-order valence-electron chi connectivity index (χ0n) is 11.9. The van der Waals surface area contributed by atoms with E-state index < -0.39 is 20.0 Å². The van der Waals surface area contributed by atoms with Gasteiger partial charge >= 0.3 is 5.97 Å². The van der Waals surface area contributed by atoms with Gasteiger partial charge < -0.3 is 5.11 Å². The van der Waals surface area contributed by atoms with Crippen LogP contribution in [-0.4, -0.2) is 24.9 Å². The van der Waals surface area contributed by atoms with Crippen molar-refractivity contribution >= 4 is 19.8 Å². The number of Topliss-reactive ketones (excluding diaryl/α,β-unsaturated/α-hetero) is 1. The summed E-state index contributed by atoms with van der Waals surface area (Å²) in [5.41, 5.74) is 1.00. The van der Waals surface area contributed by atoms with Crippen molar-refractivity contribution in [3.63, 3.8) is 0 Å². The van der Waals surface area contributed by atoms with Gasteiger partial charge in [-0.3, -0.25) is 9.59 Å². The van der Waals surface area contributed by atoms with Crippen LogP contribution in [0.4, 0.5) is 0 Å². The minimum Gasteiger partial charge on any atom is -0.481 e. The Balaban J connectivity index is 2.17. The summed E-state index contributed by atoms with van der Waals surface area (Å²) in [7, 11) is -1.71. The number of hydrogen-bond acceptors (Lipinski definition) is 2. The highest BCUT2D eigenvalue weighted by Gasteiger charge is 2.69. The zero-order valence-corrected chi connectivity index (χ0v) is 12.9. The molecule has 1 spiro atoms. The van der Waals surface area contributed by atoms with Crippen molar-refractivity contribution in [2.24, 2.45) is 17.3 Å². The molecule has 3 nitrogen and oxygen atoms in total. The summed E-state index contributed by atoms with van der Waals surface area (Å²) >= 11 is 0. The van der Waals surface area contributed by atoms with E-state index >= 15 is 0 Å². The third kappa shape index (κ3) is 1.49. The smallest absolute Gasteiger partial charge is 0.307 e. The van der Waals surface area contributed by atoms with E-state index in [1.807, 2.05) is 6.08 Å². The molecule has 0 aromatic rings. The third-order valence-electron chi connectivity index (χ3n) is 5.46. The minimum atomic E-state index is -1.71. The molecule has 0 aliphatic heterocycles. The topological polar surface area (TPSA) is 54.4 Å². The Kier molecular flexibility index (Phi) is 2.63. The van der Waals surface area contributed by atoms with Crippen LogP contribution < -0.4 is 0 Å². The Bertz CT molecular complexity index is 488. The number of carboxylic acid groups (broad SMARTS) is 1. The van der Waals surface area contributed by atoms with Crippen molar-refractivity contribution in [2.75, 3.05) is 0 Å². The summed E-state index contributed by atoms with van der Waals surface area (Å²) < 4.78 is 0. The van der Waals surface area contributed by atoms with Gasteiger partial charge in [0.25, 0.3) is 0 Å². The van der Waals surface area contributed by atoms with Crippen LogP contribution in [0.1, 0.15) is 25.7 Å². The summed E-state index contributed by atoms with van der Waals surface area (Å²) in [5, 5.41) is 9.61. The molecule has 4 atom stereocenters. The first-order chi connectivity index (χ1) is 8.80. The molecule has 104 valence electrons. The molecule has 2 bridgehead atoms. The molecular weight excluding hydrogens is 256 g/mol. The van der Waals surface area contributed by atoms with Gasteiger partial charge in [0.15, 0.2) is 5.78 Å². The Morgan fingerprint density at radius 3 is 2.63 bits per heavy atom. The SMILES string of the molecule is C[Si](C)(C)[C@@H]1[C@H](C(=O)O)[C@H]2C=C3CCCC[C@@]31C2=O. The first kappa shape index (κ1) is 13.1. The maximum atomic E-state index is 12.8. The van der Waals surface area contributed by atoms with E-state index in [1.165, 1.54) is 5.57 Å². The standard InChI is InChI=1S/C15H22O3Si/c1-19(2,3)13-11(14(17)18)10-8-9-6-4-5-7-15(9,13)12(10)16/h8,10-11,13H,4-7H2,1-3H3,(H,17,18)/t10-,11-,13-,15+/m1/s1. The van der Waals surface area contributed by atoms with E-state index in [2.05, 4.69) is 19.6 Å². The first-order valence-electron chi connectivity index (χ1n) is 7.28. The average Bonchev–Trinajstić information content (AvgIpc) is 2.73. The number of fused-ring (bicyclic) bond motifs is 1. The summed E-state index contributed by atoms with van der Waals surface area (Å²) in [6, 6.07) is 0. The van der Waals surface area contributed by atoms with Gasteiger partial charge in [0, 0.05) is 8.07 Å². The molecule has 0 aromatic heterocycles. The number of hydrogen-bond donors (Lipinski definition) is 1. The van der Waals surface area contributed by atoms with Crippen molar-refractivity contribution < 1.29 is 14.7 Å². The van der Waals surface area contributed by atoms with Crippen LogP contribution in [-0.2, 0) is 9.59 Å². The molecule has 3 aliphatic rings. The maximum absolute atomic E-state index is 12.8. The number of carbonyl (C=O) groups excluding carboxylic acids is 1. The second kappa shape index (κ2) is 3.81. The fourth-order valence-corrected chi connectivity index (χ4v) is 8.45. The molecule has 0 aromatic carbocycles. The van der Waals surface area contributed by atoms with Crippen LogP contribution in [0.25, 0.3) is 0 Å². The number of allylic oxidation sites excluding steroid dienone is 2. The molecule has 2 fully saturated rings. The number of aliphatic carboxylic acids is 1. The highest BCUT2D eigenvalue weighted by Crippen LogP contribution is 2.68. The van der Waals surface area contributed by atoms with E-state index in [9.17, 15) is 14.7 Å². The molecule has 0 heterocycles. The van der Waals surface area contributed by atoms with Gasteiger partial charge in [0.05, 0.1) is 17.3 Å². The van der Waals surface area contributed by atoms with Crippen LogP contribution in [0.3, 0.4) is 0 Å². The Morgan fingerprint density at radius 1 is 1.37 bits per heavy atom. The van der Waals surface area contributed by atoms with Gasteiger partial charge in [-0.15, -0.1) is 0 Å². The van der Waals surface area contributed by atoms with Gasteiger partial charge in [0.2, 0.25) is 0 Å². The molecule has 0 saturated heterocycles. The molecule has 2 saturated carbocycles. The molecule has 4 heteroatoms. The first-order valence-corrected chi connectivity index (χ1v) is 10.9. The van der Waals surface area contributed by atoms with Gasteiger partial charge in [-0.1, -0.05) is 37.7 Å². The van der Waals surface area contributed by atoms with Gasteiger partial charge in [-0.25, -0.2) is 0 Å². The Hall–Kier alpha value is -0.903. The molecule has 19 heavy (non-hydrogen) atoms. The van der Waals surface area contributed by atoms with Crippen molar-refractivity contribution in [2.45, 2.75) is 50.9 Å². The lowest BCUT2D eigenvalue weighted by Gasteiger charge is -2.46. The van der Waals surface area contributed by atoms with Crippen LogP contribution in [0.15, 0.2) is 11.6 Å². The fourth-order valence-electron chi connectivity index (χ4n) is 5.07. The van der Waals surface area contributed by atoms with E-state index in [1.54, 1.807) is 0 Å². The van der Waals surface area contributed by atoms with Crippen molar-refractivity contribution in [3.8, 4) is 0 Å². The van der Waals surface area contributed by atoms with Crippen molar-refractivity contribution in [1.29, 1.82) is 0 Å². The Morgan fingerprint density at radius 2 is 2.05 bits per heavy atom. The highest BCUT2D eigenvalue weighted by molar-refractivity contribution is 6.78. The molecule has 0 amide bonds. The Labute approximate surface area is 115 Å². The minimum absolute atomic E-state index is 0.0929. The highest BCUT2D eigenvalue weighted by atomic mass is 28.3. The number of rotatable bonds is 2. The van der Waals surface area contributed by atoms with Crippen LogP contribution >= 0.6 is 0 Å². The molecule has 0 unspecified atom stereocenters. The summed E-state index contributed by atoms with van der Waals surface area (Å²) in [6.45, 7) is 6.67. The molecule has 1 N–H and O–H groups in total. The van der Waals surface area contributed by atoms with E-state index in [0.29, 0.717) is 0 Å². The van der Waals surface area contributed by atoms with Crippen molar-refractivity contribution in [1.82, 2.24) is 0 Å². The number of carbonyl (C=O) groups is 2. The lowest BCUT2D eigenvalue weighted by molar-refractivity contribution is -0.143. The summed E-state index contributed by atoms with van der Waals surface area (Å²) in [4.78, 5) is 24.5. The van der Waals surface area contributed by atoms with Gasteiger partial charge in [-0.05, 0) is 24.8 Å². The quantitative estimate of drug-likeness (QED) is 0.624. The molecular formula is C15H22O3Si. The summed E-state index contributed by atoms with van der Waals surface area (Å²) in [5.74, 6) is -1.31. The fraction of sp³-hybridized carbons (Fsp3) is 0.733.